The Balaban J connectivity index is 2.33. The Labute approximate surface area is 74.3 Å². The minimum absolute atomic E-state index is 0.275. The lowest BCUT2D eigenvalue weighted by molar-refractivity contribution is 0.594. The van der Waals surface area contributed by atoms with Crippen molar-refractivity contribution in [2.45, 2.75) is 32.7 Å². The Morgan fingerprint density at radius 3 is 2.67 bits per heavy atom. The molecule has 2 aliphatic carbocycles. The molecule has 12 heavy (non-hydrogen) atoms. The lowest BCUT2D eigenvalue weighted by Crippen LogP contribution is -2.20. The highest BCUT2D eigenvalue weighted by molar-refractivity contribution is 5.42. The van der Waals surface area contributed by atoms with Crippen molar-refractivity contribution in [1.29, 1.82) is 0 Å². The number of hydrogen-bond donors (Lipinski definition) is 1. The van der Waals surface area contributed by atoms with Crippen molar-refractivity contribution in [2.24, 2.45) is 17.6 Å². The van der Waals surface area contributed by atoms with Gasteiger partial charge in [0, 0.05) is 6.04 Å². The van der Waals surface area contributed by atoms with Gasteiger partial charge in [-0.05, 0) is 35.8 Å². The lowest BCUT2D eigenvalue weighted by atomic mass is 9.92. The van der Waals surface area contributed by atoms with E-state index < -0.39 is 0 Å². The largest absolute Gasteiger partial charge is 0.324 e. The van der Waals surface area contributed by atoms with Crippen LogP contribution in [0.25, 0.3) is 0 Å². The van der Waals surface area contributed by atoms with E-state index in [1.807, 2.05) is 0 Å². The highest BCUT2D eigenvalue weighted by Gasteiger charge is 2.29. The molecule has 0 aromatic rings. The number of fused-ring (bicyclic) bond motifs is 1. The van der Waals surface area contributed by atoms with Gasteiger partial charge in [-0.15, -0.1) is 0 Å². The first-order valence-corrected chi connectivity index (χ1v) is 4.86. The Hall–Kier alpha value is -0.560. The summed E-state index contributed by atoms with van der Waals surface area (Å²) < 4.78 is 0. The molecular weight excluding hydrogens is 146 g/mol. The summed E-state index contributed by atoms with van der Waals surface area (Å²) in [7, 11) is 0. The fourth-order valence-electron chi connectivity index (χ4n) is 2.49. The van der Waals surface area contributed by atoms with Crippen LogP contribution < -0.4 is 5.73 Å². The maximum Gasteiger partial charge on any atom is 0.0264 e. The van der Waals surface area contributed by atoms with Crippen molar-refractivity contribution in [2.75, 3.05) is 0 Å². The van der Waals surface area contributed by atoms with Gasteiger partial charge in [0.2, 0.25) is 0 Å². The number of allylic oxidation sites excluding steroid dienone is 2. The second kappa shape index (κ2) is 2.74. The molecule has 1 nitrogen and oxygen atoms in total. The highest BCUT2D eigenvalue weighted by Crippen LogP contribution is 2.42. The van der Waals surface area contributed by atoms with Crippen molar-refractivity contribution in [3.05, 3.63) is 23.3 Å². The van der Waals surface area contributed by atoms with E-state index >= 15 is 0 Å². The number of nitrogens with two attached hydrogens (primary N) is 1. The molecule has 0 heterocycles. The molecule has 3 atom stereocenters. The Bertz CT molecular complexity index is 250. The van der Waals surface area contributed by atoms with Gasteiger partial charge in [-0.2, -0.15) is 0 Å². The van der Waals surface area contributed by atoms with E-state index in [1.165, 1.54) is 12.0 Å². The van der Waals surface area contributed by atoms with Gasteiger partial charge in [0.15, 0.2) is 0 Å². The van der Waals surface area contributed by atoms with E-state index in [-0.39, 0.29) is 6.04 Å². The van der Waals surface area contributed by atoms with Gasteiger partial charge in [0.25, 0.3) is 0 Å². The molecular formula is C11H17N. The van der Waals surface area contributed by atoms with Gasteiger partial charge in [0.05, 0.1) is 0 Å². The summed E-state index contributed by atoms with van der Waals surface area (Å²) in [6.45, 7) is 4.63. The molecule has 0 aliphatic heterocycles. The van der Waals surface area contributed by atoms with Crippen molar-refractivity contribution >= 4 is 0 Å². The minimum atomic E-state index is 0.275. The van der Waals surface area contributed by atoms with Gasteiger partial charge in [-0.25, -0.2) is 0 Å². The van der Waals surface area contributed by atoms with Gasteiger partial charge in [-0.1, -0.05) is 26.0 Å². The van der Waals surface area contributed by atoms with Gasteiger partial charge >= 0.3 is 0 Å². The summed E-state index contributed by atoms with van der Waals surface area (Å²) in [5, 5.41) is 0. The average molecular weight is 163 g/mol. The summed E-state index contributed by atoms with van der Waals surface area (Å²) >= 11 is 0. The van der Waals surface area contributed by atoms with E-state index in [4.69, 9.17) is 5.73 Å². The molecule has 1 fully saturated rings. The van der Waals surface area contributed by atoms with Crippen molar-refractivity contribution in [3.63, 3.8) is 0 Å². The molecule has 2 N–H and O–H groups in total. The van der Waals surface area contributed by atoms with Crippen LogP contribution in [-0.2, 0) is 0 Å². The Kier molecular flexibility index (Phi) is 1.84. The minimum Gasteiger partial charge on any atom is -0.324 e. The third kappa shape index (κ3) is 1.13. The molecule has 0 aromatic heterocycles. The molecule has 1 heteroatoms. The zero-order chi connectivity index (χ0) is 8.72. The van der Waals surface area contributed by atoms with Crippen LogP contribution in [0.5, 0.6) is 0 Å². The SMILES string of the molecule is CC1CC(C)C2=CC(N)CC=C21. The molecule has 2 rings (SSSR count). The third-order valence-electron chi connectivity index (χ3n) is 3.11. The molecule has 3 unspecified atom stereocenters. The van der Waals surface area contributed by atoms with Gasteiger partial charge in [0.1, 0.15) is 0 Å². The van der Waals surface area contributed by atoms with E-state index in [0.29, 0.717) is 0 Å². The summed E-state index contributed by atoms with van der Waals surface area (Å²) in [5.41, 5.74) is 8.98. The van der Waals surface area contributed by atoms with Crippen LogP contribution in [0.1, 0.15) is 26.7 Å². The second-order valence-electron chi connectivity index (χ2n) is 4.22. The zero-order valence-corrected chi connectivity index (χ0v) is 7.88. The van der Waals surface area contributed by atoms with Crippen LogP contribution >= 0.6 is 0 Å². The molecule has 0 bridgehead atoms. The molecule has 0 aromatic carbocycles. The van der Waals surface area contributed by atoms with Crippen molar-refractivity contribution in [1.82, 2.24) is 0 Å². The number of rotatable bonds is 0. The van der Waals surface area contributed by atoms with Gasteiger partial charge < -0.3 is 5.73 Å². The fraction of sp³-hybridized carbons (Fsp3) is 0.636. The van der Waals surface area contributed by atoms with Crippen LogP contribution in [0.15, 0.2) is 23.3 Å². The maximum atomic E-state index is 5.88. The first kappa shape index (κ1) is 8.06. The van der Waals surface area contributed by atoms with Crippen LogP contribution in [0, 0.1) is 11.8 Å². The van der Waals surface area contributed by atoms with Crippen molar-refractivity contribution < 1.29 is 0 Å². The molecule has 0 amide bonds. The van der Waals surface area contributed by atoms with Crippen molar-refractivity contribution in [3.8, 4) is 0 Å². The molecule has 2 aliphatic rings. The standard InChI is InChI=1S/C11H17N/c1-7-5-8(2)11-6-9(12)3-4-10(7)11/h4,6-9H,3,5,12H2,1-2H3. The van der Waals surface area contributed by atoms with E-state index in [0.717, 1.165) is 18.3 Å². The van der Waals surface area contributed by atoms with Gasteiger partial charge in [-0.3, -0.25) is 0 Å². The summed E-state index contributed by atoms with van der Waals surface area (Å²) in [5.74, 6) is 1.50. The fourth-order valence-corrected chi connectivity index (χ4v) is 2.49. The Morgan fingerprint density at radius 1 is 1.25 bits per heavy atom. The van der Waals surface area contributed by atoms with Crippen LogP contribution in [0.4, 0.5) is 0 Å². The topological polar surface area (TPSA) is 26.0 Å². The monoisotopic (exact) mass is 163 g/mol. The molecule has 0 saturated heterocycles. The highest BCUT2D eigenvalue weighted by atomic mass is 14.6. The smallest absolute Gasteiger partial charge is 0.0264 e. The third-order valence-corrected chi connectivity index (χ3v) is 3.11. The average Bonchev–Trinajstić information content (AvgIpc) is 2.28. The molecule has 0 radical (unpaired) electrons. The predicted molar refractivity (Wildman–Crippen MR) is 51.7 cm³/mol. The van der Waals surface area contributed by atoms with Crippen LogP contribution in [0.2, 0.25) is 0 Å². The first-order chi connectivity index (χ1) is 5.68. The molecule has 0 spiro atoms. The molecule has 66 valence electrons. The summed E-state index contributed by atoms with van der Waals surface area (Å²) in [6, 6.07) is 0.275. The second-order valence-corrected chi connectivity index (χ2v) is 4.22. The quantitative estimate of drug-likeness (QED) is 0.582. The van der Waals surface area contributed by atoms with E-state index in [1.54, 1.807) is 5.57 Å². The Morgan fingerprint density at radius 2 is 1.92 bits per heavy atom. The van der Waals surface area contributed by atoms with Crippen LogP contribution in [0.3, 0.4) is 0 Å². The lowest BCUT2D eigenvalue weighted by Gasteiger charge is -2.17. The van der Waals surface area contributed by atoms with E-state index in [2.05, 4.69) is 26.0 Å². The summed E-state index contributed by atoms with van der Waals surface area (Å²) in [6.07, 6.45) is 6.96. The molecule has 1 saturated carbocycles. The predicted octanol–water partition coefficient (Wildman–Crippen LogP) is 2.25. The van der Waals surface area contributed by atoms with E-state index in [9.17, 15) is 0 Å². The maximum absolute atomic E-state index is 5.88. The normalized spacial score (nSPS) is 40.4. The first-order valence-electron chi connectivity index (χ1n) is 4.86. The number of hydrogen-bond acceptors (Lipinski definition) is 1. The zero-order valence-electron chi connectivity index (χ0n) is 7.88. The summed E-state index contributed by atoms with van der Waals surface area (Å²) in [4.78, 5) is 0. The van der Waals surface area contributed by atoms with Crippen LogP contribution in [-0.4, -0.2) is 6.04 Å².